The van der Waals surface area contributed by atoms with Crippen LogP contribution in [0.3, 0.4) is 0 Å². The second-order valence-corrected chi connectivity index (χ2v) is 7.97. The summed E-state index contributed by atoms with van der Waals surface area (Å²) in [6, 6.07) is 0.198. The van der Waals surface area contributed by atoms with Gasteiger partial charge in [-0.15, -0.1) is 0 Å². The molecule has 3 aliphatic carbocycles. The molecule has 0 N–H and O–H groups in total. The Morgan fingerprint density at radius 3 is 2.38 bits per heavy atom. The van der Waals surface area contributed by atoms with Crippen molar-refractivity contribution in [3.05, 3.63) is 30.4 Å². The van der Waals surface area contributed by atoms with Gasteiger partial charge in [0.25, 0.3) is 0 Å². The zero-order valence-electron chi connectivity index (χ0n) is 14.7. The lowest BCUT2D eigenvalue weighted by Gasteiger charge is -2.25. The fourth-order valence-corrected chi connectivity index (χ4v) is 4.85. The molecule has 7 heteroatoms. The van der Waals surface area contributed by atoms with Crippen molar-refractivity contribution < 1.29 is 14.4 Å². The first-order chi connectivity index (χ1) is 12.5. The third-order valence-corrected chi connectivity index (χ3v) is 6.40. The van der Waals surface area contributed by atoms with E-state index in [1.165, 1.54) is 4.90 Å². The first-order valence-electron chi connectivity index (χ1n) is 9.34. The Labute approximate surface area is 151 Å². The Morgan fingerprint density at radius 2 is 1.85 bits per heavy atom. The van der Waals surface area contributed by atoms with Crippen LogP contribution in [0.1, 0.15) is 25.1 Å². The van der Waals surface area contributed by atoms with Gasteiger partial charge in [0.1, 0.15) is 12.4 Å². The van der Waals surface area contributed by atoms with E-state index < -0.39 is 0 Å². The lowest BCUT2D eigenvalue weighted by molar-refractivity contribution is -0.147. The van der Waals surface area contributed by atoms with Crippen LogP contribution in [-0.4, -0.2) is 49.7 Å². The summed E-state index contributed by atoms with van der Waals surface area (Å²) in [5.74, 6) is 0.211. The first kappa shape index (κ1) is 15.8. The van der Waals surface area contributed by atoms with Crippen molar-refractivity contribution >= 4 is 17.7 Å². The minimum absolute atomic E-state index is 0.134. The molecule has 0 spiro atoms. The van der Waals surface area contributed by atoms with E-state index in [4.69, 9.17) is 0 Å². The summed E-state index contributed by atoms with van der Waals surface area (Å²) >= 11 is 0. The lowest BCUT2D eigenvalue weighted by Crippen LogP contribution is -2.44. The highest BCUT2D eigenvalue weighted by atomic mass is 16.2. The molecule has 0 radical (unpaired) electrons. The van der Waals surface area contributed by atoms with Crippen molar-refractivity contribution in [2.24, 2.45) is 30.7 Å². The van der Waals surface area contributed by atoms with Gasteiger partial charge in [-0.25, -0.2) is 4.98 Å². The Morgan fingerprint density at radius 1 is 1.19 bits per heavy atom. The van der Waals surface area contributed by atoms with Crippen molar-refractivity contribution in [3.63, 3.8) is 0 Å². The number of aromatic nitrogens is 2. The molecule has 4 aliphatic rings. The number of amides is 3. The number of likely N-dealkylation sites (tertiary alicyclic amines) is 1. The Hall–Kier alpha value is -2.44. The summed E-state index contributed by atoms with van der Waals surface area (Å²) in [7, 11) is 1.90. The summed E-state index contributed by atoms with van der Waals surface area (Å²) in [5, 5.41) is 0. The number of imidazole rings is 1. The predicted octanol–water partition coefficient (Wildman–Crippen LogP) is 0.718. The SMILES string of the molecule is Cn1ccnc1CN(C(=O)CN1C(=O)C2C3C=CC(C3)C2C1=O)C1CC1. The fraction of sp³-hybridized carbons (Fsp3) is 0.579. The average molecular weight is 354 g/mol. The van der Waals surface area contributed by atoms with Gasteiger partial charge in [0.2, 0.25) is 17.7 Å². The molecule has 26 heavy (non-hydrogen) atoms. The van der Waals surface area contributed by atoms with Crippen molar-refractivity contribution in [3.8, 4) is 0 Å². The molecule has 2 bridgehead atoms. The van der Waals surface area contributed by atoms with Crippen LogP contribution in [0.4, 0.5) is 0 Å². The normalized spacial score (nSPS) is 31.8. The summed E-state index contributed by atoms with van der Waals surface area (Å²) in [6.45, 7) is 0.286. The van der Waals surface area contributed by atoms with Gasteiger partial charge in [0, 0.05) is 25.5 Å². The topological polar surface area (TPSA) is 75.5 Å². The van der Waals surface area contributed by atoms with E-state index in [0.717, 1.165) is 25.1 Å². The van der Waals surface area contributed by atoms with Gasteiger partial charge in [-0.05, 0) is 31.1 Å². The maximum Gasteiger partial charge on any atom is 0.243 e. The summed E-state index contributed by atoms with van der Waals surface area (Å²) in [4.78, 5) is 45.8. The van der Waals surface area contributed by atoms with E-state index in [1.807, 2.05) is 17.8 Å². The lowest BCUT2D eigenvalue weighted by atomic mass is 9.85. The van der Waals surface area contributed by atoms with Crippen LogP contribution in [0.2, 0.25) is 0 Å². The zero-order valence-corrected chi connectivity index (χ0v) is 14.7. The maximum atomic E-state index is 12.9. The number of carbonyl (C=O) groups excluding carboxylic acids is 3. The highest BCUT2D eigenvalue weighted by molar-refractivity contribution is 6.08. The van der Waals surface area contributed by atoms with Crippen molar-refractivity contribution in [1.29, 1.82) is 0 Å². The standard InChI is InChI=1S/C19H22N4O3/c1-21-7-6-20-14(21)9-22(13-4-5-13)15(24)10-23-18(25)16-11-2-3-12(8-11)17(16)19(23)26/h2-3,6-7,11-13,16-17H,4-5,8-10H2,1H3. The summed E-state index contributed by atoms with van der Waals surface area (Å²) in [6.07, 6.45) is 10.5. The van der Waals surface area contributed by atoms with Crippen LogP contribution in [-0.2, 0) is 28.0 Å². The summed E-state index contributed by atoms with van der Waals surface area (Å²) < 4.78 is 1.89. The number of hydrogen-bond donors (Lipinski definition) is 0. The number of carbonyl (C=O) groups is 3. The number of rotatable bonds is 5. The number of hydrogen-bond acceptors (Lipinski definition) is 4. The molecule has 136 valence electrons. The van der Waals surface area contributed by atoms with Crippen molar-refractivity contribution in [2.75, 3.05) is 6.54 Å². The van der Waals surface area contributed by atoms with Gasteiger partial charge in [0.15, 0.2) is 0 Å². The quantitative estimate of drug-likeness (QED) is 0.577. The largest absolute Gasteiger partial charge is 0.337 e. The molecule has 0 aromatic carbocycles. The van der Waals surface area contributed by atoms with Gasteiger partial charge in [-0.2, -0.15) is 0 Å². The molecular weight excluding hydrogens is 332 g/mol. The Bertz CT molecular complexity index is 795. The molecule has 3 amide bonds. The molecule has 4 atom stereocenters. The third kappa shape index (κ3) is 2.26. The van der Waals surface area contributed by atoms with Gasteiger partial charge in [-0.3, -0.25) is 19.3 Å². The number of allylic oxidation sites excluding steroid dienone is 2. The van der Waals surface area contributed by atoms with E-state index in [0.29, 0.717) is 6.54 Å². The minimum atomic E-state index is -0.241. The molecular formula is C19H22N4O3. The average Bonchev–Trinajstić information content (AvgIpc) is 2.95. The van der Waals surface area contributed by atoms with Gasteiger partial charge in [-0.1, -0.05) is 12.2 Å². The molecule has 5 rings (SSSR count). The number of aryl methyl sites for hydroxylation is 1. The summed E-state index contributed by atoms with van der Waals surface area (Å²) in [5.41, 5.74) is 0. The van der Waals surface area contributed by atoms with E-state index in [2.05, 4.69) is 17.1 Å². The Balaban J connectivity index is 1.32. The zero-order chi connectivity index (χ0) is 18.0. The monoisotopic (exact) mass is 354 g/mol. The van der Waals surface area contributed by atoms with Gasteiger partial charge in [0.05, 0.1) is 18.4 Å². The van der Waals surface area contributed by atoms with Crippen molar-refractivity contribution in [2.45, 2.75) is 31.8 Å². The highest BCUT2D eigenvalue weighted by Gasteiger charge is 2.59. The molecule has 2 saturated carbocycles. The fourth-order valence-electron chi connectivity index (χ4n) is 4.85. The Kier molecular flexibility index (Phi) is 3.36. The molecule has 1 saturated heterocycles. The maximum absolute atomic E-state index is 12.9. The van der Waals surface area contributed by atoms with Crippen LogP contribution >= 0.6 is 0 Å². The molecule has 3 fully saturated rings. The van der Waals surface area contributed by atoms with Gasteiger partial charge < -0.3 is 9.47 Å². The van der Waals surface area contributed by atoms with Gasteiger partial charge >= 0.3 is 0 Å². The van der Waals surface area contributed by atoms with E-state index >= 15 is 0 Å². The highest BCUT2D eigenvalue weighted by Crippen LogP contribution is 2.52. The van der Waals surface area contributed by atoms with Crippen LogP contribution in [0.25, 0.3) is 0 Å². The minimum Gasteiger partial charge on any atom is -0.337 e. The number of nitrogens with zero attached hydrogens (tertiary/aromatic N) is 4. The molecule has 4 unspecified atom stereocenters. The van der Waals surface area contributed by atoms with Crippen molar-refractivity contribution in [1.82, 2.24) is 19.4 Å². The molecule has 7 nitrogen and oxygen atoms in total. The molecule has 2 heterocycles. The van der Waals surface area contributed by atoms with Crippen LogP contribution < -0.4 is 0 Å². The van der Waals surface area contributed by atoms with Crippen LogP contribution in [0.5, 0.6) is 0 Å². The van der Waals surface area contributed by atoms with E-state index in [1.54, 1.807) is 11.1 Å². The molecule has 1 aromatic rings. The van der Waals surface area contributed by atoms with E-state index in [9.17, 15) is 14.4 Å². The second kappa shape index (κ2) is 5.53. The molecule has 1 aliphatic heterocycles. The van der Waals surface area contributed by atoms with Crippen LogP contribution in [0, 0.1) is 23.7 Å². The molecule has 1 aromatic heterocycles. The second-order valence-electron chi connectivity index (χ2n) is 7.97. The number of imide groups is 1. The predicted molar refractivity (Wildman–Crippen MR) is 91.2 cm³/mol. The first-order valence-corrected chi connectivity index (χ1v) is 9.34. The smallest absolute Gasteiger partial charge is 0.243 e. The van der Waals surface area contributed by atoms with Crippen LogP contribution in [0.15, 0.2) is 24.5 Å². The number of fused-ring (bicyclic) bond motifs is 5. The van der Waals surface area contributed by atoms with E-state index in [-0.39, 0.29) is 54.0 Å². The third-order valence-electron chi connectivity index (χ3n) is 6.40.